The van der Waals surface area contributed by atoms with E-state index < -0.39 is 0 Å². The standard InChI is InChI=1S/C25H22FN3O3/c1-15-24(16-6-9-18(26)10-7-16)25-27-19(17-8-11-22(30-2)23(13-17)31-3)14-20(29(25)28-15)21-5-4-12-32-21/h4-13,20H,14H2,1-3H3. The second kappa shape index (κ2) is 8.00. The topological polar surface area (TPSA) is 61.8 Å². The Morgan fingerprint density at radius 2 is 1.75 bits per heavy atom. The highest BCUT2D eigenvalue weighted by Gasteiger charge is 2.31. The van der Waals surface area contributed by atoms with E-state index in [2.05, 4.69) is 0 Å². The van der Waals surface area contributed by atoms with Gasteiger partial charge in [-0.25, -0.2) is 14.1 Å². The van der Waals surface area contributed by atoms with E-state index in [9.17, 15) is 4.39 Å². The number of halogens is 1. The molecule has 0 aliphatic carbocycles. The third-order valence-electron chi connectivity index (χ3n) is 5.70. The van der Waals surface area contributed by atoms with Gasteiger partial charge in [-0.3, -0.25) is 0 Å². The third kappa shape index (κ3) is 3.36. The zero-order chi connectivity index (χ0) is 22.2. The molecule has 3 heterocycles. The van der Waals surface area contributed by atoms with Gasteiger partial charge in [-0.1, -0.05) is 12.1 Å². The van der Waals surface area contributed by atoms with Crippen molar-refractivity contribution < 1.29 is 18.3 Å². The van der Waals surface area contributed by atoms with Gasteiger partial charge in [0.05, 0.1) is 31.9 Å². The smallest absolute Gasteiger partial charge is 0.161 e. The zero-order valence-corrected chi connectivity index (χ0v) is 18.0. The molecule has 1 atom stereocenters. The lowest BCUT2D eigenvalue weighted by Crippen LogP contribution is -2.21. The van der Waals surface area contributed by atoms with Crippen LogP contribution in [0, 0.1) is 12.7 Å². The highest BCUT2D eigenvalue weighted by atomic mass is 19.1. The van der Waals surface area contributed by atoms with Crippen molar-refractivity contribution >= 4 is 11.5 Å². The van der Waals surface area contributed by atoms with Gasteiger partial charge in [0.1, 0.15) is 17.6 Å². The number of aliphatic imine (C=N–C) groups is 1. The molecule has 0 saturated carbocycles. The van der Waals surface area contributed by atoms with Gasteiger partial charge in [0, 0.05) is 17.5 Å². The molecule has 32 heavy (non-hydrogen) atoms. The quantitative estimate of drug-likeness (QED) is 0.405. The van der Waals surface area contributed by atoms with Crippen molar-refractivity contribution in [1.82, 2.24) is 9.78 Å². The lowest BCUT2D eigenvalue weighted by Gasteiger charge is -2.24. The summed E-state index contributed by atoms with van der Waals surface area (Å²) in [4.78, 5) is 5.01. The molecule has 5 rings (SSSR count). The fraction of sp³-hybridized carbons (Fsp3) is 0.200. The van der Waals surface area contributed by atoms with Gasteiger partial charge in [-0.05, 0) is 55.0 Å². The number of furan rings is 1. The molecule has 0 saturated heterocycles. The van der Waals surface area contributed by atoms with Gasteiger partial charge in [-0.2, -0.15) is 5.10 Å². The second-order valence-electron chi connectivity index (χ2n) is 7.60. The molecule has 7 heteroatoms. The molecule has 0 bridgehead atoms. The van der Waals surface area contributed by atoms with Crippen LogP contribution in [-0.4, -0.2) is 29.7 Å². The van der Waals surface area contributed by atoms with Crippen molar-refractivity contribution in [1.29, 1.82) is 0 Å². The molecule has 0 radical (unpaired) electrons. The maximum atomic E-state index is 13.5. The summed E-state index contributed by atoms with van der Waals surface area (Å²) in [5, 5.41) is 4.79. The maximum absolute atomic E-state index is 13.5. The van der Waals surface area contributed by atoms with Gasteiger partial charge in [-0.15, -0.1) is 0 Å². The first-order valence-corrected chi connectivity index (χ1v) is 10.3. The number of nitrogens with zero attached hydrogens (tertiary/aromatic N) is 3. The molecule has 6 nitrogen and oxygen atoms in total. The number of hydrogen-bond acceptors (Lipinski definition) is 5. The minimum absolute atomic E-state index is 0.159. The van der Waals surface area contributed by atoms with E-state index in [1.807, 2.05) is 41.9 Å². The van der Waals surface area contributed by atoms with E-state index in [1.54, 1.807) is 32.6 Å². The van der Waals surface area contributed by atoms with Crippen molar-refractivity contribution in [2.45, 2.75) is 19.4 Å². The van der Waals surface area contributed by atoms with Gasteiger partial charge >= 0.3 is 0 Å². The summed E-state index contributed by atoms with van der Waals surface area (Å²) in [7, 11) is 3.22. The van der Waals surface area contributed by atoms with Crippen molar-refractivity contribution in [2.75, 3.05) is 14.2 Å². The van der Waals surface area contributed by atoms with Crippen LogP contribution in [-0.2, 0) is 0 Å². The Balaban J connectivity index is 1.70. The molecule has 2 aromatic heterocycles. The van der Waals surface area contributed by atoms with Crippen LogP contribution in [0.2, 0.25) is 0 Å². The fourth-order valence-electron chi connectivity index (χ4n) is 4.16. The molecule has 162 valence electrons. The van der Waals surface area contributed by atoms with Crippen molar-refractivity contribution in [2.24, 2.45) is 4.99 Å². The van der Waals surface area contributed by atoms with Gasteiger partial charge < -0.3 is 13.9 Å². The van der Waals surface area contributed by atoms with Gasteiger partial charge in [0.15, 0.2) is 17.3 Å². The molecule has 0 fully saturated rings. The number of methoxy groups -OCH3 is 2. The number of fused-ring (bicyclic) bond motifs is 1. The Morgan fingerprint density at radius 1 is 1.00 bits per heavy atom. The normalized spacial score (nSPS) is 15.2. The summed E-state index contributed by atoms with van der Waals surface area (Å²) in [5.74, 6) is 2.52. The fourth-order valence-corrected chi connectivity index (χ4v) is 4.16. The van der Waals surface area contributed by atoms with Crippen molar-refractivity contribution in [3.8, 4) is 22.6 Å². The first-order chi connectivity index (χ1) is 15.6. The van der Waals surface area contributed by atoms with Gasteiger partial charge in [0.25, 0.3) is 0 Å². The van der Waals surface area contributed by atoms with Crippen molar-refractivity contribution in [3.63, 3.8) is 0 Å². The van der Waals surface area contributed by atoms with Crippen LogP contribution < -0.4 is 9.47 Å². The number of ether oxygens (including phenoxy) is 2. The summed E-state index contributed by atoms with van der Waals surface area (Å²) < 4.78 is 32.1. The van der Waals surface area contributed by atoms with Crippen LogP contribution in [0.15, 0.2) is 70.3 Å². The Labute approximate surface area is 184 Å². The van der Waals surface area contributed by atoms with E-state index in [4.69, 9.17) is 24.0 Å². The molecule has 1 unspecified atom stereocenters. The first kappa shape index (κ1) is 20.1. The van der Waals surface area contributed by atoms with Crippen LogP contribution >= 0.6 is 0 Å². The van der Waals surface area contributed by atoms with E-state index in [1.165, 1.54) is 12.1 Å². The molecular weight excluding hydrogens is 409 g/mol. The minimum Gasteiger partial charge on any atom is -0.493 e. The van der Waals surface area contributed by atoms with E-state index >= 15 is 0 Å². The molecule has 0 spiro atoms. The highest BCUT2D eigenvalue weighted by Crippen LogP contribution is 2.42. The molecule has 0 N–H and O–H groups in total. The Morgan fingerprint density at radius 3 is 2.44 bits per heavy atom. The van der Waals surface area contributed by atoms with Crippen LogP contribution in [0.4, 0.5) is 10.2 Å². The lowest BCUT2D eigenvalue weighted by molar-refractivity contribution is 0.355. The third-order valence-corrected chi connectivity index (χ3v) is 5.70. The molecule has 1 aliphatic rings. The summed E-state index contributed by atoms with van der Waals surface area (Å²) in [6.45, 7) is 1.94. The Kier molecular flexibility index (Phi) is 5.01. The SMILES string of the molecule is COc1ccc(C2=Nc3c(-c4ccc(F)cc4)c(C)nn3C(c3ccco3)C2)cc1OC. The van der Waals surface area contributed by atoms with Crippen molar-refractivity contribution in [3.05, 3.63) is 83.7 Å². The summed E-state index contributed by atoms with van der Waals surface area (Å²) in [5.41, 5.74) is 4.36. The number of aryl methyl sites for hydroxylation is 1. The second-order valence-corrected chi connectivity index (χ2v) is 7.60. The van der Waals surface area contributed by atoms with E-state index in [0.717, 1.165) is 33.9 Å². The van der Waals surface area contributed by atoms with Crippen LogP contribution in [0.5, 0.6) is 11.5 Å². The van der Waals surface area contributed by atoms with Crippen LogP contribution in [0.3, 0.4) is 0 Å². The number of hydrogen-bond donors (Lipinski definition) is 0. The lowest BCUT2D eigenvalue weighted by atomic mass is 9.98. The van der Waals surface area contributed by atoms with E-state index in [0.29, 0.717) is 23.7 Å². The Bertz CT molecular complexity index is 1290. The Hall–Kier alpha value is -3.87. The summed E-state index contributed by atoms with van der Waals surface area (Å²) >= 11 is 0. The van der Waals surface area contributed by atoms with Crippen LogP contribution in [0.1, 0.15) is 29.5 Å². The molecule has 0 amide bonds. The average molecular weight is 431 g/mol. The molecule has 1 aliphatic heterocycles. The van der Waals surface area contributed by atoms with Gasteiger partial charge in [0.2, 0.25) is 0 Å². The number of aromatic nitrogens is 2. The van der Waals surface area contributed by atoms with E-state index in [-0.39, 0.29) is 11.9 Å². The first-order valence-electron chi connectivity index (χ1n) is 10.3. The summed E-state index contributed by atoms with van der Waals surface area (Å²) in [6.07, 6.45) is 2.26. The monoisotopic (exact) mass is 431 g/mol. The minimum atomic E-state index is -0.282. The highest BCUT2D eigenvalue weighted by molar-refractivity contribution is 6.04. The maximum Gasteiger partial charge on any atom is 0.161 e. The average Bonchev–Trinajstić information content (AvgIpc) is 3.46. The molecule has 4 aromatic rings. The largest absolute Gasteiger partial charge is 0.493 e. The molecular formula is C25H22FN3O3. The number of rotatable bonds is 5. The zero-order valence-electron chi connectivity index (χ0n) is 18.0. The molecule has 2 aromatic carbocycles. The predicted molar refractivity (Wildman–Crippen MR) is 120 cm³/mol. The summed E-state index contributed by atoms with van der Waals surface area (Å²) in [6, 6.07) is 15.8. The number of benzene rings is 2. The predicted octanol–water partition coefficient (Wildman–Crippen LogP) is 5.72. The van der Waals surface area contributed by atoms with Crippen LogP contribution in [0.25, 0.3) is 11.1 Å².